The second kappa shape index (κ2) is 7.53. The van der Waals surface area contributed by atoms with Crippen LogP contribution in [0.4, 0.5) is 0 Å². The van der Waals surface area contributed by atoms with Gasteiger partial charge in [-0.25, -0.2) is 0 Å². The molecule has 1 rings (SSSR count). The molecule has 2 amide bonds. The number of hydrogen-bond donors (Lipinski definition) is 2. The van der Waals surface area contributed by atoms with Crippen molar-refractivity contribution < 1.29 is 14.3 Å². The Bertz CT molecular complexity index is 455. The Hall–Kier alpha value is -2.04. The highest BCUT2D eigenvalue weighted by molar-refractivity contribution is 5.86. The Morgan fingerprint density at radius 3 is 2.30 bits per heavy atom. The Balaban J connectivity index is 2.66. The van der Waals surface area contributed by atoms with Gasteiger partial charge in [0.05, 0.1) is 7.11 Å². The van der Waals surface area contributed by atoms with E-state index in [9.17, 15) is 9.59 Å². The van der Waals surface area contributed by atoms with Crippen molar-refractivity contribution in [2.45, 2.75) is 32.7 Å². The Kier molecular flexibility index (Phi) is 6.03. The maximum absolute atomic E-state index is 11.7. The first-order valence-electron chi connectivity index (χ1n) is 6.64. The van der Waals surface area contributed by atoms with Gasteiger partial charge in [0.1, 0.15) is 11.8 Å². The van der Waals surface area contributed by atoms with E-state index >= 15 is 0 Å². The monoisotopic (exact) mass is 278 g/mol. The summed E-state index contributed by atoms with van der Waals surface area (Å²) in [7, 11) is 1.59. The normalized spacial score (nSPS) is 12.0. The van der Waals surface area contributed by atoms with Crippen molar-refractivity contribution in [3.05, 3.63) is 29.8 Å². The molecule has 5 nitrogen and oxygen atoms in total. The molecule has 1 atom stereocenters. The summed E-state index contributed by atoms with van der Waals surface area (Å²) in [6.45, 7) is 3.89. The van der Waals surface area contributed by atoms with Gasteiger partial charge in [-0.1, -0.05) is 26.0 Å². The third-order valence-electron chi connectivity index (χ3n) is 2.87. The molecule has 0 saturated carbocycles. The number of carbonyl (C=O) groups excluding carboxylic acids is 2. The standard InChI is InChI=1S/C15H22N2O3/c1-10(2)8-14(18)17-13(15(16)19)9-11-4-6-12(20-3)7-5-11/h4-7,10,13H,8-9H2,1-3H3,(H2,16,19)(H,17,18)/t13-/m0/s1. The minimum atomic E-state index is -0.686. The van der Waals surface area contributed by atoms with Crippen LogP contribution >= 0.6 is 0 Å². The number of ether oxygens (including phenoxy) is 1. The molecule has 20 heavy (non-hydrogen) atoms. The predicted molar refractivity (Wildman–Crippen MR) is 77.3 cm³/mol. The van der Waals surface area contributed by atoms with Crippen LogP contribution in [0.2, 0.25) is 0 Å². The first kappa shape index (κ1) is 16.0. The molecule has 3 N–H and O–H groups in total. The number of methoxy groups -OCH3 is 1. The van der Waals surface area contributed by atoms with Crippen molar-refractivity contribution in [3.8, 4) is 5.75 Å². The molecule has 0 heterocycles. The van der Waals surface area contributed by atoms with E-state index in [0.29, 0.717) is 12.8 Å². The number of benzene rings is 1. The molecular formula is C15H22N2O3. The molecule has 1 aromatic rings. The lowest BCUT2D eigenvalue weighted by molar-refractivity contribution is -0.127. The lowest BCUT2D eigenvalue weighted by Gasteiger charge is -2.16. The molecule has 110 valence electrons. The van der Waals surface area contributed by atoms with Gasteiger partial charge < -0.3 is 15.8 Å². The SMILES string of the molecule is COc1ccc(C[C@H](NC(=O)CC(C)C)C(N)=O)cc1. The van der Waals surface area contributed by atoms with E-state index in [0.717, 1.165) is 11.3 Å². The van der Waals surface area contributed by atoms with Gasteiger partial charge >= 0.3 is 0 Å². The second-order valence-electron chi connectivity index (χ2n) is 5.17. The summed E-state index contributed by atoms with van der Waals surface area (Å²) < 4.78 is 5.07. The van der Waals surface area contributed by atoms with Crippen LogP contribution < -0.4 is 15.8 Å². The summed E-state index contributed by atoms with van der Waals surface area (Å²) >= 11 is 0. The molecule has 0 aliphatic heterocycles. The number of carbonyl (C=O) groups is 2. The number of amides is 2. The molecule has 0 aliphatic rings. The average molecular weight is 278 g/mol. The van der Waals surface area contributed by atoms with Gasteiger partial charge in [0, 0.05) is 12.8 Å². The molecule has 5 heteroatoms. The molecule has 0 aromatic heterocycles. The van der Waals surface area contributed by atoms with Crippen molar-refractivity contribution in [2.75, 3.05) is 7.11 Å². The number of primary amides is 1. The number of nitrogens with one attached hydrogen (secondary N) is 1. The zero-order valence-electron chi connectivity index (χ0n) is 12.2. The highest BCUT2D eigenvalue weighted by Gasteiger charge is 2.19. The van der Waals surface area contributed by atoms with Crippen molar-refractivity contribution in [1.29, 1.82) is 0 Å². The lowest BCUT2D eigenvalue weighted by Crippen LogP contribution is -2.46. The van der Waals surface area contributed by atoms with E-state index in [2.05, 4.69) is 5.32 Å². The van der Waals surface area contributed by atoms with Crippen LogP contribution in [0.1, 0.15) is 25.8 Å². The number of nitrogens with two attached hydrogens (primary N) is 1. The minimum Gasteiger partial charge on any atom is -0.497 e. The Morgan fingerprint density at radius 2 is 1.85 bits per heavy atom. The molecule has 0 radical (unpaired) electrons. The highest BCUT2D eigenvalue weighted by Crippen LogP contribution is 2.13. The summed E-state index contributed by atoms with van der Waals surface area (Å²) in [5.74, 6) is 0.299. The van der Waals surface area contributed by atoms with Crippen molar-refractivity contribution >= 4 is 11.8 Å². The van der Waals surface area contributed by atoms with Crippen molar-refractivity contribution in [1.82, 2.24) is 5.32 Å². The third-order valence-corrected chi connectivity index (χ3v) is 2.87. The number of rotatable bonds is 7. The molecule has 0 aliphatic carbocycles. The summed E-state index contributed by atoms with van der Waals surface area (Å²) in [5, 5.41) is 2.68. The lowest BCUT2D eigenvalue weighted by atomic mass is 10.0. The fourth-order valence-corrected chi connectivity index (χ4v) is 1.84. The molecule has 0 spiro atoms. The Morgan fingerprint density at radius 1 is 1.25 bits per heavy atom. The second-order valence-corrected chi connectivity index (χ2v) is 5.17. The Labute approximate surface area is 119 Å². The van der Waals surface area contributed by atoms with Crippen LogP contribution in [0.5, 0.6) is 5.75 Å². The number of hydrogen-bond acceptors (Lipinski definition) is 3. The van der Waals surface area contributed by atoms with E-state index in [1.165, 1.54) is 0 Å². The van der Waals surface area contributed by atoms with Crippen LogP contribution in [0.25, 0.3) is 0 Å². The molecule has 0 bridgehead atoms. The van der Waals surface area contributed by atoms with Gasteiger partial charge in [-0.3, -0.25) is 9.59 Å². The summed E-state index contributed by atoms with van der Waals surface area (Å²) in [5.41, 5.74) is 6.26. The largest absolute Gasteiger partial charge is 0.497 e. The predicted octanol–water partition coefficient (Wildman–Crippen LogP) is 1.25. The van der Waals surface area contributed by atoms with Crippen LogP contribution in [0.3, 0.4) is 0 Å². The first-order valence-corrected chi connectivity index (χ1v) is 6.64. The van der Waals surface area contributed by atoms with E-state index in [4.69, 9.17) is 10.5 Å². The van der Waals surface area contributed by atoms with Crippen LogP contribution in [0.15, 0.2) is 24.3 Å². The highest BCUT2D eigenvalue weighted by atomic mass is 16.5. The smallest absolute Gasteiger partial charge is 0.240 e. The third kappa shape index (κ3) is 5.30. The van der Waals surface area contributed by atoms with E-state index < -0.39 is 11.9 Å². The molecule has 1 aromatic carbocycles. The van der Waals surface area contributed by atoms with Gasteiger partial charge in [0.25, 0.3) is 0 Å². The van der Waals surface area contributed by atoms with Gasteiger partial charge in [-0.05, 0) is 23.6 Å². The van der Waals surface area contributed by atoms with Gasteiger partial charge in [-0.2, -0.15) is 0 Å². The van der Waals surface area contributed by atoms with Gasteiger partial charge in [-0.15, -0.1) is 0 Å². The van der Waals surface area contributed by atoms with Crippen molar-refractivity contribution in [2.24, 2.45) is 11.7 Å². The summed E-state index contributed by atoms with van der Waals surface area (Å²) in [6, 6.07) is 6.63. The van der Waals surface area contributed by atoms with Crippen LogP contribution in [-0.2, 0) is 16.0 Å². The summed E-state index contributed by atoms with van der Waals surface area (Å²) in [4.78, 5) is 23.2. The van der Waals surface area contributed by atoms with E-state index in [1.807, 2.05) is 38.1 Å². The molecule has 0 fully saturated rings. The topological polar surface area (TPSA) is 81.4 Å². The van der Waals surface area contributed by atoms with Crippen LogP contribution in [0, 0.1) is 5.92 Å². The van der Waals surface area contributed by atoms with Gasteiger partial charge in [0.2, 0.25) is 11.8 Å². The van der Waals surface area contributed by atoms with Crippen molar-refractivity contribution in [3.63, 3.8) is 0 Å². The molecule has 0 saturated heterocycles. The maximum Gasteiger partial charge on any atom is 0.240 e. The first-order chi connectivity index (χ1) is 9.42. The molecule has 0 unspecified atom stereocenters. The van der Waals surface area contributed by atoms with Gasteiger partial charge in [0.15, 0.2) is 0 Å². The maximum atomic E-state index is 11.7. The quantitative estimate of drug-likeness (QED) is 0.787. The van der Waals surface area contributed by atoms with E-state index in [-0.39, 0.29) is 11.8 Å². The average Bonchev–Trinajstić information content (AvgIpc) is 2.37. The van der Waals surface area contributed by atoms with Crippen LogP contribution in [-0.4, -0.2) is 25.0 Å². The summed E-state index contributed by atoms with van der Waals surface area (Å²) in [6.07, 6.45) is 0.759. The zero-order chi connectivity index (χ0) is 15.1. The fraction of sp³-hybridized carbons (Fsp3) is 0.467. The molecular weight excluding hydrogens is 256 g/mol. The fourth-order valence-electron chi connectivity index (χ4n) is 1.84. The van der Waals surface area contributed by atoms with E-state index in [1.54, 1.807) is 7.11 Å². The minimum absolute atomic E-state index is 0.155. The zero-order valence-corrected chi connectivity index (χ0v) is 12.2.